The summed E-state index contributed by atoms with van der Waals surface area (Å²) in [5.74, 6) is -0.139. The highest BCUT2D eigenvalue weighted by Crippen LogP contribution is 2.01. The lowest BCUT2D eigenvalue weighted by Crippen LogP contribution is -2.09. The molecule has 4 nitrogen and oxygen atoms in total. The molecule has 0 amide bonds. The zero-order valence-electron chi connectivity index (χ0n) is 9.08. The van der Waals surface area contributed by atoms with E-state index in [1.807, 2.05) is 0 Å². The summed E-state index contributed by atoms with van der Waals surface area (Å²) in [6, 6.07) is 0. The Morgan fingerprint density at radius 2 is 1.64 bits per heavy atom. The first-order chi connectivity index (χ1) is 6.81. The van der Waals surface area contributed by atoms with Gasteiger partial charge in [0.25, 0.3) is 0 Å². The predicted molar refractivity (Wildman–Crippen MR) is 53.2 cm³/mol. The minimum absolute atomic E-state index is 0.139. The molecule has 0 rings (SSSR count). The SMILES string of the molecule is COCCCCCC(=O)OCCOC. The number of esters is 1. The van der Waals surface area contributed by atoms with Crippen molar-refractivity contribution in [3.63, 3.8) is 0 Å². The average Bonchev–Trinajstić information content (AvgIpc) is 2.18. The Morgan fingerprint density at radius 1 is 0.929 bits per heavy atom. The molecule has 0 aromatic heterocycles. The zero-order chi connectivity index (χ0) is 10.6. The molecule has 0 fully saturated rings. The van der Waals surface area contributed by atoms with Crippen LogP contribution in [0.1, 0.15) is 25.7 Å². The van der Waals surface area contributed by atoms with Crippen LogP contribution in [-0.2, 0) is 19.0 Å². The van der Waals surface area contributed by atoms with E-state index in [4.69, 9.17) is 14.2 Å². The van der Waals surface area contributed by atoms with Gasteiger partial charge in [-0.3, -0.25) is 4.79 Å². The third-order valence-electron chi connectivity index (χ3n) is 1.78. The summed E-state index contributed by atoms with van der Waals surface area (Å²) in [5.41, 5.74) is 0. The summed E-state index contributed by atoms with van der Waals surface area (Å²) in [4.78, 5) is 11.0. The topological polar surface area (TPSA) is 44.8 Å². The van der Waals surface area contributed by atoms with Crippen LogP contribution in [0, 0.1) is 0 Å². The predicted octanol–water partition coefficient (Wildman–Crippen LogP) is 1.38. The number of hydrogen-bond acceptors (Lipinski definition) is 4. The van der Waals surface area contributed by atoms with Gasteiger partial charge < -0.3 is 14.2 Å². The standard InChI is InChI=1S/C10H20O4/c1-12-7-5-3-4-6-10(11)14-9-8-13-2/h3-9H2,1-2H3. The van der Waals surface area contributed by atoms with Gasteiger partial charge in [-0.1, -0.05) is 6.42 Å². The Kier molecular flexibility index (Phi) is 10.0. The number of ether oxygens (including phenoxy) is 3. The van der Waals surface area contributed by atoms with E-state index in [-0.39, 0.29) is 5.97 Å². The third kappa shape index (κ3) is 9.48. The summed E-state index contributed by atoms with van der Waals surface area (Å²) in [6.07, 6.45) is 3.37. The minimum Gasteiger partial charge on any atom is -0.463 e. The molecular weight excluding hydrogens is 184 g/mol. The molecule has 0 aliphatic carbocycles. The molecule has 0 saturated heterocycles. The largest absolute Gasteiger partial charge is 0.463 e. The van der Waals surface area contributed by atoms with Gasteiger partial charge in [0.15, 0.2) is 0 Å². The Balaban J connectivity index is 3.10. The van der Waals surface area contributed by atoms with Crippen molar-refractivity contribution < 1.29 is 19.0 Å². The van der Waals surface area contributed by atoms with E-state index < -0.39 is 0 Å². The van der Waals surface area contributed by atoms with Gasteiger partial charge in [-0.15, -0.1) is 0 Å². The fraction of sp³-hybridized carbons (Fsp3) is 0.900. The highest BCUT2D eigenvalue weighted by atomic mass is 16.6. The Bertz CT molecular complexity index is 136. The average molecular weight is 204 g/mol. The molecule has 0 N–H and O–H groups in total. The van der Waals surface area contributed by atoms with Crippen molar-refractivity contribution in [3.05, 3.63) is 0 Å². The number of methoxy groups -OCH3 is 2. The van der Waals surface area contributed by atoms with Gasteiger partial charge in [-0.05, 0) is 12.8 Å². The van der Waals surface area contributed by atoms with E-state index in [1.54, 1.807) is 14.2 Å². The zero-order valence-corrected chi connectivity index (χ0v) is 9.08. The van der Waals surface area contributed by atoms with Crippen LogP contribution in [0.4, 0.5) is 0 Å². The highest BCUT2D eigenvalue weighted by Gasteiger charge is 2.01. The summed E-state index contributed by atoms with van der Waals surface area (Å²) < 4.78 is 14.5. The smallest absolute Gasteiger partial charge is 0.305 e. The lowest BCUT2D eigenvalue weighted by Gasteiger charge is -2.03. The minimum atomic E-state index is -0.139. The Labute approximate surface area is 85.5 Å². The van der Waals surface area contributed by atoms with Crippen molar-refractivity contribution in [1.82, 2.24) is 0 Å². The van der Waals surface area contributed by atoms with Crippen molar-refractivity contribution in [2.24, 2.45) is 0 Å². The molecule has 0 aliphatic heterocycles. The molecule has 0 aliphatic rings. The Hall–Kier alpha value is -0.610. The molecule has 0 aromatic carbocycles. The van der Waals surface area contributed by atoms with Crippen LogP contribution < -0.4 is 0 Å². The van der Waals surface area contributed by atoms with Gasteiger partial charge >= 0.3 is 5.97 Å². The molecular formula is C10H20O4. The first-order valence-electron chi connectivity index (χ1n) is 4.94. The maximum absolute atomic E-state index is 11.0. The van der Waals surface area contributed by atoms with Crippen LogP contribution in [0.25, 0.3) is 0 Å². The lowest BCUT2D eigenvalue weighted by atomic mass is 10.2. The van der Waals surface area contributed by atoms with E-state index in [9.17, 15) is 4.79 Å². The van der Waals surface area contributed by atoms with E-state index in [0.29, 0.717) is 19.6 Å². The van der Waals surface area contributed by atoms with Crippen LogP contribution >= 0.6 is 0 Å². The van der Waals surface area contributed by atoms with Crippen LogP contribution in [0.2, 0.25) is 0 Å². The van der Waals surface area contributed by atoms with Crippen molar-refractivity contribution >= 4 is 5.97 Å². The van der Waals surface area contributed by atoms with Gasteiger partial charge in [0.05, 0.1) is 6.61 Å². The van der Waals surface area contributed by atoms with Gasteiger partial charge in [0, 0.05) is 27.2 Å². The number of carbonyl (C=O) groups is 1. The summed E-state index contributed by atoms with van der Waals surface area (Å²) >= 11 is 0. The molecule has 0 atom stereocenters. The molecule has 0 bridgehead atoms. The molecule has 0 heterocycles. The lowest BCUT2D eigenvalue weighted by molar-refractivity contribution is -0.145. The molecule has 0 radical (unpaired) electrons. The van der Waals surface area contributed by atoms with Crippen LogP contribution in [0.3, 0.4) is 0 Å². The molecule has 0 unspecified atom stereocenters. The number of hydrogen-bond donors (Lipinski definition) is 0. The van der Waals surface area contributed by atoms with E-state index in [0.717, 1.165) is 25.9 Å². The summed E-state index contributed by atoms with van der Waals surface area (Å²) in [7, 11) is 3.26. The van der Waals surface area contributed by atoms with Crippen LogP contribution in [0.5, 0.6) is 0 Å². The number of carbonyl (C=O) groups excluding carboxylic acids is 1. The van der Waals surface area contributed by atoms with E-state index in [2.05, 4.69) is 0 Å². The molecule has 14 heavy (non-hydrogen) atoms. The highest BCUT2D eigenvalue weighted by molar-refractivity contribution is 5.69. The van der Waals surface area contributed by atoms with Crippen molar-refractivity contribution in [1.29, 1.82) is 0 Å². The number of unbranched alkanes of at least 4 members (excludes halogenated alkanes) is 2. The quantitative estimate of drug-likeness (QED) is 0.420. The number of rotatable bonds is 9. The third-order valence-corrected chi connectivity index (χ3v) is 1.78. The first-order valence-corrected chi connectivity index (χ1v) is 4.94. The first kappa shape index (κ1) is 13.4. The maximum Gasteiger partial charge on any atom is 0.305 e. The monoisotopic (exact) mass is 204 g/mol. The molecule has 4 heteroatoms. The summed E-state index contributed by atoms with van der Waals surface area (Å²) in [6.45, 7) is 1.58. The second kappa shape index (κ2) is 10.5. The normalized spacial score (nSPS) is 10.1. The molecule has 0 spiro atoms. The van der Waals surface area contributed by atoms with Crippen molar-refractivity contribution in [2.75, 3.05) is 34.0 Å². The van der Waals surface area contributed by atoms with Gasteiger partial charge in [0.2, 0.25) is 0 Å². The molecule has 0 saturated carbocycles. The maximum atomic E-state index is 11.0. The Morgan fingerprint density at radius 3 is 2.29 bits per heavy atom. The van der Waals surface area contributed by atoms with Gasteiger partial charge in [-0.25, -0.2) is 0 Å². The second-order valence-electron chi connectivity index (χ2n) is 3.02. The van der Waals surface area contributed by atoms with Crippen molar-refractivity contribution in [3.8, 4) is 0 Å². The fourth-order valence-electron chi connectivity index (χ4n) is 1.00. The van der Waals surface area contributed by atoms with E-state index in [1.165, 1.54) is 0 Å². The fourth-order valence-corrected chi connectivity index (χ4v) is 1.00. The van der Waals surface area contributed by atoms with Crippen LogP contribution in [-0.4, -0.2) is 40.0 Å². The molecule has 0 aromatic rings. The van der Waals surface area contributed by atoms with Crippen LogP contribution in [0.15, 0.2) is 0 Å². The molecule has 84 valence electrons. The van der Waals surface area contributed by atoms with Gasteiger partial charge in [-0.2, -0.15) is 0 Å². The van der Waals surface area contributed by atoms with E-state index >= 15 is 0 Å². The van der Waals surface area contributed by atoms with Crippen molar-refractivity contribution in [2.45, 2.75) is 25.7 Å². The summed E-state index contributed by atoms with van der Waals surface area (Å²) in [5, 5.41) is 0. The second-order valence-corrected chi connectivity index (χ2v) is 3.02. The van der Waals surface area contributed by atoms with Gasteiger partial charge in [0.1, 0.15) is 6.61 Å².